The number of methoxy groups -OCH3 is 1. The highest BCUT2D eigenvalue weighted by molar-refractivity contribution is 5.81. The van der Waals surface area contributed by atoms with Gasteiger partial charge in [-0.3, -0.25) is 10.2 Å². The van der Waals surface area contributed by atoms with Crippen molar-refractivity contribution in [3.05, 3.63) is 28.8 Å². The van der Waals surface area contributed by atoms with E-state index in [4.69, 9.17) is 16.3 Å². The second-order valence-electron chi connectivity index (χ2n) is 4.08. The maximum Gasteiger partial charge on any atom is 0.251 e. The lowest BCUT2D eigenvalue weighted by Crippen LogP contribution is -2.45. The Morgan fingerprint density at radius 1 is 1.41 bits per heavy atom. The molecule has 1 atom stereocenters. The predicted molar refractivity (Wildman–Crippen MR) is 66.5 cm³/mol. The van der Waals surface area contributed by atoms with Gasteiger partial charge in [0, 0.05) is 0 Å². The van der Waals surface area contributed by atoms with Crippen LogP contribution in [0.3, 0.4) is 0 Å². The average Bonchev–Trinajstić information content (AvgIpc) is 2.27. The number of hydrogen-bond donors (Lipinski definition) is 3. The molecule has 0 aliphatic heterocycles. The van der Waals surface area contributed by atoms with E-state index in [1.165, 1.54) is 0 Å². The number of carbonyl (C=O) groups is 1. The zero-order chi connectivity index (χ0) is 13.0. The number of ether oxygens (including phenoxy) is 1. The Morgan fingerprint density at radius 3 is 2.35 bits per heavy atom. The molecule has 1 rings (SSSR count). The van der Waals surface area contributed by atoms with Gasteiger partial charge in [-0.15, -0.1) is 0 Å². The average molecular weight is 237 g/mol. The van der Waals surface area contributed by atoms with Gasteiger partial charge in [0.05, 0.1) is 13.2 Å². The molecule has 0 spiro atoms. The first-order chi connectivity index (χ1) is 7.99. The molecule has 5 nitrogen and oxygen atoms in total. The van der Waals surface area contributed by atoms with E-state index in [9.17, 15) is 4.79 Å². The Morgan fingerprint density at radius 2 is 1.94 bits per heavy atom. The van der Waals surface area contributed by atoms with Crippen LogP contribution in [-0.4, -0.2) is 19.1 Å². The number of carbonyl (C=O) groups excluding carboxylic acids is 1. The number of rotatable bonds is 4. The van der Waals surface area contributed by atoms with Gasteiger partial charge in [-0.25, -0.2) is 5.84 Å². The standard InChI is InChI=1S/C12H19N3O2/c1-7-4-9(5-8(2)11(7)17-3)6-10(13)12(16)15-14/h4-5,10H,6,13-14H2,1-3H3,(H,15,16). The van der Waals surface area contributed by atoms with Gasteiger partial charge < -0.3 is 10.5 Å². The predicted octanol–water partition coefficient (Wildman–Crippen LogP) is 0.172. The molecule has 0 radical (unpaired) electrons. The Kier molecular flexibility index (Phi) is 4.48. The molecule has 0 bridgehead atoms. The normalized spacial score (nSPS) is 12.1. The Hall–Kier alpha value is -1.59. The topological polar surface area (TPSA) is 90.4 Å². The van der Waals surface area contributed by atoms with Gasteiger partial charge in [0.2, 0.25) is 0 Å². The number of hydrogen-bond acceptors (Lipinski definition) is 4. The van der Waals surface area contributed by atoms with E-state index in [2.05, 4.69) is 0 Å². The minimum Gasteiger partial charge on any atom is -0.496 e. The first kappa shape index (κ1) is 13.5. The molecule has 0 aromatic heterocycles. The second kappa shape index (κ2) is 5.65. The number of amides is 1. The number of hydrazine groups is 1. The van der Waals surface area contributed by atoms with Gasteiger partial charge >= 0.3 is 0 Å². The second-order valence-corrected chi connectivity index (χ2v) is 4.08. The Bertz CT molecular complexity index is 395. The first-order valence-corrected chi connectivity index (χ1v) is 5.39. The Balaban J connectivity index is 2.90. The fraction of sp³-hybridized carbons (Fsp3) is 0.417. The lowest BCUT2D eigenvalue weighted by atomic mass is 10.0. The van der Waals surface area contributed by atoms with Crippen LogP contribution in [-0.2, 0) is 11.2 Å². The van der Waals surface area contributed by atoms with E-state index in [1.54, 1.807) is 7.11 Å². The molecule has 0 saturated heterocycles. The number of aryl methyl sites for hydroxylation is 2. The monoisotopic (exact) mass is 237 g/mol. The molecule has 17 heavy (non-hydrogen) atoms. The van der Waals surface area contributed by atoms with Crippen molar-refractivity contribution in [2.75, 3.05) is 7.11 Å². The summed E-state index contributed by atoms with van der Waals surface area (Å²) in [5.74, 6) is 5.53. The fourth-order valence-corrected chi connectivity index (χ4v) is 1.93. The molecule has 1 aromatic rings. The van der Waals surface area contributed by atoms with Crippen LogP contribution >= 0.6 is 0 Å². The van der Waals surface area contributed by atoms with Crippen molar-refractivity contribution in [1.29, 1.82) is 0 Å². The highest BCUT2D eigenvalue weighted by Gasteiger charge is 2.14. The molecule has 0 aliphatic carbocycles. The molecule has 5 heteroatoms. The van der Waals surface area contributed by atoms with Crippen molar-refractivity contribution in [2.45, 2.75) is 26.3 Å². The van der Waals surface area contributed by atoms with Crippen LogP contribution in [0.5, 0.6) is 5.75 Å². The lowest BCUT2D eigenvalue weighted by molar-refractivity contribution is -0.122. The SMILES string of the molecule is COc1c(C)cc(CC(N)C(=O)NN)cc1C. The van der Waals surface area contributed by atoms with Crippen molar-refractivity contribution in [3.8, 4) is 5.75 Å². The van der Waals surface area contributed by atoms with Crippen molar-refractivity contribution in [2.24, 2.45) is 11.6 Å². The number of nitrogens with one attached hydrogen (secondary N) is 1. The third-order valence-corrected chi connectivity index (χ3v) is 2.66. The molecule has 1 unspecified atom stereocenters. The highest BCUT2D eigenvalue weighted by atomic mass is 16.5. The summed E-state index contributed by atoms with van der Waals surface area (Å²) in [5, 5.41) is 0. The molecule has 1 aromatic carbocycles. The maximum atomic E-state index is 11.2. The maximum absolute atomic E-state index is 11.2. The van der Waals surface area contributed by atoms with Crippen LogP contribution in [0.25, 0.3) is 0 Å². The summed E-state index contributed by atoms with van der Waals surface area (Å²) in [4.78, 5) is 11.2. The Labute approximate surface area is 101 Å². The van der Waals surface area contributed by atoms with E-state index in [1.807, 2.05) is 31.4 Å². The van der Waals surface area contributed by atoms with E-state index < -0.39 is 6.04 Å². The zero-order valence-corrected chi connectivity index (χ0v) is 10.4. The summed E-state index contributed by atoms with van der Waals surface area (Å²) in [6.45, 7) is 3.92. The highest BCUT2D eigenvalue weighted by Crippen LogP contribution is 2.24. The van der Waals surface area contributed by atoms with Crippen LogP contribution in [0.1, 0.15) is 16.7 Å². The summed E-state index contributed by atoms with van der Waals surface area (Å²) in [5.41, 5.74) is 10.8. The molecule has 94 valence electrons. The molecule has 0 aliphatic rings. The molecule has 0 heterocycles. The molecule has 0 fully saturated rings. The number of nitrogens with two attached hydrogens (primary N) is 2. The third-order valence-electron chi connectivity index (χ3n) is 2.66. The molecule has 0 saturated carbocycles. The minimum atomic E-state index is -0.632. The minimum absolute atomic E-state index is 0.365. The van der Waals surface area contributed by atoms with Crippen molar-refractivity contribution in [3.63, 3.8) is 0 Å². The van der Waals surface area contributed by atoms with Crippen molar-refractivity contribution in [1.82, 2.24) is 5.43 Å². The number of benzene rings is 1. The van der Waals surface area contributed by atoms with Crippen LogP contribution in [0.15, 0.2) is 12.1 Å². The van der Waals surface area contributed by atoms with Crippen LogP contribution < -0.4 is 21.7 Å². The molecular formula is C12H19N3O2. The van der Waals surface area contributed by atoms with Crippen LogP contribution in [0.2, 0.25) is 0 Å². The van der Waals surface area contributed by atoms with Crippen molar-refractivity contribution >= 4 is 5.91 Å². The van der Waals surface area contributed by atoms with Gasteiger partial charge in [0.1, 0.15) is 5.75 Å². The van der Waals surface area contributed by atoms with Crippen molar-refractivity contribution < 1.29 is 9.53 Å². The largest absolute Gasteiger partial charge is 0.496 e. The van der Waals surface area contributed by atoms with E-state index in [0.29, 0.717) is 6.42 Å². The molecular weight excluding hydrogens is 218 g/mol. The third kappa shape index (κ3) is 3.18. The van der Waals surface area contributed by atoms with Crippen LogP contribution in [0, 0.1) is 13.8 Å². The van der Waals surface area contributed by atoms with Gasteiger partial charge in [-0.1, -0.05) is 12.1 Å². The van der Waals surface area contributed by atoms with Gasteiger partial charge in [-0.2, -0.15) is 0 Å². The first-order valence-electron chi connectivity index (χ1n) is 5.39. The molecule has 5 N–H and O–H groups in total. The van der Waals surface area contributed by atoms with Crippen LogP contribution in [0.4, 0.5) is 0 Å². The van der Waals surface area contributed by atoms with Gasteiger partial charge in [0.25, 0.3) is 5.91 Å². The van der Waals surface area contributed by atoms with E-state index in [0.717, 1.165) is 22.4 Å². The lowest BCUT2D eigenvalue weighted by Gasteiger charge is -2.14. The van der Waals surface area contributed by atoms with E-state index in [-0.39, 0.29) is 5.91 Å². The summed E-state index contributed by atoms with van der Waals surface area (Å²) >= 11 is 0. The summed E-state index contributed by atoms with van der Waals surface area (Å²) < 4.78 is 5.27. The summed E-state index contributed by atoms with van der Waals surface area (Å²) in [7, 11) is 1.64. The quantitative estimate of drug-likeness (QED) is 0.395. The zero-order valence-electron chi connectivity index (χ0n) is 10.4. The van der Waals surface area contributed by atoms with Gasteiger partial charge in [-0.05, 0) is 37.0 Å². The summed E-state index contributed by atoms with van der Waals surface area (Å²) in [6, 6.07) is 3.30. The molecule has 1 amide bonds. The fourth-order valence-electron chi connectivity index (χ4n) is 1.93. The smallest absolute Gasteiger partial charge is 0.251 e. The van der Waals surface area contributed by atoms with E-state index >= 15 is 0 Å². The summed E-state index contributed by atoms with van der Waals surface area (Å²) in [6.07, 6.45) is 0.453. The van der Waals surface area contributed by atoms with Gasteiger partial charge in [0.15, 0.2) is 0 Å².